The first-order valence-corrected chi connectivity index (χ1v) is 5.55. The van der Waals surface area contributed by atoms with E-state index < -0.39 is 0 Å². The molecule has 1 aromatic heterocycles. The van der Waals surface area contributed by atoms with Gasteiger partial charge in [-0.2, -0.15) is 0 Å². The number of fused-ring (bicyclic) bond motifs is 1. The molecule has 1 aromatic rings. The molecule has 0 aliphatic carbocycles. The summed E-state index contributed by atoms with van der Waals surface area (Å²) in [7, 11) is 0. The van der Waals surface area contributed by atoms with Crippen molar-refractivity contribution in [1.29, 1.82) is 0 Å². The van der Waals surface area contributed by atoms with E-state index in [9.17, 15) is 0 Å². The Labute approximate surface area is 75.3 Å². The zero-order valence-corrected chi connectivity index (χ0v) is 8.53. The van der Waals surface area contributed by atoms with Crippen LogP contribution in [0.4, 0.5) is 0 Å². The van der Waals surface area contributed by atoms with E-state index in [0.717, 1.165) is 5.69 Å². The standard InChI is InChI=1S/C7H8IN3/c1-5-3-8-10-11-4-9-6(2)7(5)11/h3-4H,1-2H3. The Morgan fingerprint density at radius 2 is 2.27 bits per heavy atom. The van der Waals surface area contributed by atoms with Crippen LogP contribution in [0.5, 0.6) is 0 Å². The number of hydrogen-bond acceptors (Lipinski definition) is 2. The number of rotatable bonds is 0. The van der Waals surface area contributed by atoms with Crippen molar-refractivity contribution in [3.05, 3.63) is 21.8 Å². The molecule has 0 radical (unpaired) electrons. The third-order valence-corrected chi connectivity index (χ3v) is 3.57. The van der Waals surface area contributed by atoms with Crippen molar-refractivity contribution >= 4 is 26.6 Å². The van der Waals surface area contributed by atoms with E-state index in [1.165, 1.54) is 11.3 Å². The lowest BCUT2D eigenvalue weighted by Crippen LogP contribution is -1.94. The molecule has 0 atom stereocenters. The molecule has 0 saturated heterocycles. The zero-order valence-electron chi connectivity index (χ0n) is 6.37. The molecule has 0 bridgehead atoms. The Morgan fingerprint density at radius 1 is 1.45 bits per heavy atom. The van der Waals surface area contributed by atoms with Gasteiger partial charge in [-0.25, -0.2) is 9.66 Å². The highest BCUT2D eigenvalue weighted by Crippen LogP contribution is 2.26. The fourth-order valence-electron chi connectivity index (χ4n) is 1.14. The van der Waals surface area contributed by atoms with E-state index >= 15 is 0 Å². The molecule has 0 N–H and O–H groups in total. The van der Waals surface area contributed by atoms with Gasteiger partial charge in [-0.05, 0) is 23.5 Å². The molecule has 58 valence electrons. The van der Waals surface area contributed by atoms with Gasteiger partial charge in [0.05, 0.1) is 11.4 Å². The lowest BCUT2D eigenvalue weighted by molar-refractivity contribution is 0.888. The number of nitrogens with zero attached hydrogens (tertiary/aromatic N) is 3. The normalized spacial score (nSPS) is 15.3. The summed E-state index contributed by atoms with van der Waals surface area (Å²) < 4.78 is 8.48. The topological polar surface area (TPSA) is 30.2 Å². The largest absolute Gasteiger partial charge is 0.239 e. The lowest BCUT2D eigenvalue weighted by atomic mass is 10.2. The number of aryl methyl sites for hydroxylation is 1. The molecular formula is C7H8IN3. The van der Waals surface area contributed by atoms with Crippen LogP contribution in [0, 0.1) is 6.92 Å². The van der Waals surface area contributed by atoms with Crippen molar-refractivity contribution in [3.8, 4) is 0 Å². The van der Waals surface area contributed by atoms with Crippen molar-refractivity contribution in [3.63, 3.8) is 0 Å². The monoisotopic (exact) mass is 261 g/mol. The van der Waals surface area contributed by atoms with Crippen LogP contribution in [-0.4, -0.2) is 9.66 Å². The van der Waals surface area contributed by atoms with E-state index in [0.29, 0.717) is 0 Å². The van der Waals surface area contributed by atoms with Gasteiger partial charge in [0.25, 0.3) is 0 Å². The van der Waals surface area contributed by atoms with E-state index in [4.69, 9.17) is 0 Å². The summed E-state index contributed by atoms with van der Waals surface area (Å²) >= 11 is -0.115. The smallest absolute Gasteiger partial charge is 0.118 e. The minimum atomic E-state index is -0.115. The summed E-state index contributed by atoms with van der Waals surface area (Å²) in [6.07, 6.45) is 1.79. The molecule has 11 heavy (non-hydrogen) atoms. The van der Waals surface area contributed by atoms with Gasteiger partial charge < -0.3 is 0 Å². The van der Waals surface area contributed by atoms with Crippen molar-refractivity contribution in [2.45, 2.75) is 13.8 Å². The van der Waals surface area contributed by atoms with Gasteiger partial charge in [-0.3, -0.25) is 0 Å². The Kier molecular flexibility index (Phi) is 1.63. The summed E-state index contributed by atoms with van der Waals surface area (Å²) in [5.41, 5.74) is 3.57. The van der Waals surface area contributed by atoms with Gasteiger partial charge in [-0.1, -0.05) is 0 Å². The highest BCUT2D eigenvalue weighted by molar-refractivity contribution is 14.2. The number of allylic oxidation sites excluding steroid dienone is 1. The average molecular weight is 261 g/mol. The van der Waals surface area contributed by atoms with Crippen LogP contribution in [0.1, 0.15) is 18.3 Å². The quantitative estimate of drug-likeness (QED) is 0.660. The van der Waals surface area contributed by atoms with Crippen molar-refractivity contribution in [2.24, 2.45) is 3.25 Å². The van der Waals surface area contributed by atoms with Crippen LogP contribution in [0.15, 0.2) is 13.7 Å². The zero-order chi connectivity index (χ0) is 7.84. The molecule has 2 heterocycles. The molecular weight excluding hydrogens is 253 g/mol. The van der Waals surface area contributed by atoms with Crippen molar-refractivity contribution in [2.75, 3.05) is 0 Å². The minimum Gasteiger partial charge on any atom is -0.239 e. The molecule has 4 heteroatoms. The molecule has 0 spiro atoms. The number of halogens is 1. The first-order chi connectivity index (χ1) is 5.29. The SMILES string of the molecule is CC1=CI=Nn2cnc(C)c21. The summed E-state index contributed by atoms with van der Waals surface area (Å²) in [6, 6.07) is 0. The minimum absolute atomic E-state index is 0.115. The number of aromatic nitrogens is 2. The lowest BCUT2D eigenvalue weighted by Gasteiger charge is -2.05. The van der Waals surface area contributed by atoms with Gasteiger partial charge in [0.15, 0.2) is 0 Å². The van der Waals surface area contributed by atoms with Crippen LogP contribution >= 0.6 is 21.0 Å². The molecule has 0 saturated carbocycles. The van der Waals surface area contributed by atoms with Crippen LogP contribution in [0.25, 0.3) is 5.57 Å². The summed E-state index contributed by atoms with van der Waals surface area (Å²) in [6.45, 7) is 4.14. The summed E-state index contributed by atoms with van der Waals surface area (Å²) in [4.78, 5) is 4.19. The maximum absolute atomic E-state index is 4.35. The number of hydrogen-bond donors (Lipinski definition) is 0. The Morgan fingerprint density at radius 3 is 3.00 bits per heavy atom. The molecule has 0 amide bonds. The Hall–Kier alpha value is -0.520. The first-order valence-electron chi connectivity index (χ1n) is 3.34. The second kappa shape index (κ2) is 2.51. The van der Waals surface area contributed by atoms with Crippen LogP contribution in [-0.2, 0) is 0 Å². The van der Waals surface area contributed by atoms with Crippen molar-refractivity contribution in [1.82, 2.24) is 9.66 Å². The van der Waals surface area contributed by atoms with Gasteiger partial charge in [-0.15, -0.1) is 3.25 Å². The molecule has 3 nitrogen and oxygen atoms in total. The van der Waals surface area contributed by atoms with Crippen molar-refractivity contribution < 1.29 is 0 Å². The molecule has 2 rings (SSSR count). The highest BCUT2D eigenvalue weighted by Gasteiger charge is 2.10. The third-order valence-electron chi connectivity index (χ3n) is 1.64. The van der Waals surface area contributed by atoms with Crippen LogP contribution in [0.2, 0.25) is 0 Å². The third kappa shape index (κ3) is 1.05. The molecule has 1 aliphatic rings. The maximum Gasteiger partial charge on any atom is 0.118 e. The molecule has 0 unspecified atom stereocenters. The molecule has 1 aliphatic heterocycles. The Balaban J connectivity index is 2.71. The number of imidazole rings is 1. The van der Waals surface area contributed by atoms with Crippen LogP contribution < -0.4 is 0 Å². The van der Waals surface area contributed by atoms with Gasteiger partial charge >= 0.3 is 0 Å². The summed E-state index contributed by atoms with van der Waals surface area (Å²) in [5, 5.41) is 0. The predicted octanol–water partition coefficient (Wildman–Crippen LogP) is 2.48. The second-order valence-corrected chi connectivity index (χ2v) is 4.10. The maximum atomic E-state index is 4.35. The van der Waals surface area contributed by atoms with Crippen LogP contribution in [0.3, 0.4) is 0 Å². The Bertz CT molecular complexity index is 349. The van der Waals surface area contributed by atoms with E-state index in [2.05, 4.69) is 19.2 Å². The van der Waals surface area contributed by atoms with Gasteiger partial charge in [0.1, 0.15) is 6.33 Å². The van der Waals surface area contributed by atoms with Gasteiger partial charge in [0, 0.05) is 21.0 Å². The van der Waals surface area contributed by atoms with E-state index in [-0.39, 0.29) is 21.0 Å². The summed E-state index contributed by atoms with van der Waals surface area (Å²) in [5.74, 6) is 0. The predicted molar refractivity (Wildman–Crippen MR) is 52.5 cm³/mol. The fourth-order valence-corrected chi connectivity index (χ4v) is 2.58. The highest BCUT2D eigenvalue weighted by atomic mass is 127. The van der Waals surface area contributed by atoms with E-state index in [1.54, 1.807) is 6.33 Å². The first kappa shape index (κ1) is 7.15. The average Bonchev–Trinajstić information content (AvgIpc) is 2.34. The van der Waals surface area contributed by atoms with E-state index in [1.807, 2.05) is 11.6 Å². The molecule has 0 fully saturated rings. The fraction of sp³-hybridized carbons (Fsp3) is 0.286. The van der Waals surface area contributed by atoms with Gasteiger partial charge in [0.2, 0.25) is 0 Å². The molecule has 0 aromatic carbocycles. The second-order valence-electron chi connectivity index (χ2n) is 2.49.